The average molecular weight is 328 g/mol. The number of furan rings is 1. The van der Waals surface area contributed by atoms with Crippen LogP contribution in [-0.4, -0.2) is 24.5 Å². The summed E-state index contributed by atoms with van der Waals surface area (Å²) in [6.07, 6.45) is 2.70. The Kier molecular flexibility index (Phi) is 4.92. The highest BCUT2D eigenvalue weighted by Crippen LogP contribution is 2.18. The number of fused-ring (bicyclic) bond motifs is 1. The molecule has 0 aliphatic carbocycles. The van der Waals surface area contributed by atoms with Gasteiger partial charge in [-0.25, -0.2) is 4.98 Å². The molecule has 23 heavy (non-hydrogen) atoms. The Morgan fingerprint density at radius 2 is 2.17 bits per heavy atom. The van der Waals surface area contributed by atoms with E-state index in [9.17, 15) is 0 Å². The number of nitrogens with zero attached hydrogens (tertiary/aromatic N) is 2. The van der Waals surface area contributed by atoms with Gasteiger partial charge in [-0.3, -0.25) is 4.99 Å². The van der Waals surface area contributed by atoms with Gasteiger partial charge in [0.1, 0.15) is 16.4 Å². The van der Waals surface area contributed by atoms with Gasteiger partial charge in [0.05, 0.1) is 6.54 Å². The van der Waals surface area contributed by atoms with E-state index in [4.69, 9.17) is 4.42 Å². The molecule has 3 rings (SSSR count). The largest absolute Gasteiger partial charge is 0.461 e. The lowest BCUT2D eigenvalue weighted by Crippen LogP contribution is -2.37. The minimum absolute atomic E-state index is 0.683. The van der Waals surface area contributed by atoms with Crippen LogP contribution in [0.1, 0.15) is 15.6 Å². The molecule has 0 spiro atoms. The molecule has 0 amide bonds. The number of hydrogen-bond acceptors (Lipinski definition) is 4. The molecule has 0 aliphatic heterocycles. The summed E-state index contributed by atoms with van der Waals surface area (Å²) >= 11 is 1.69. The minimum atomic E-state index is 0.683. The maximum absolute atomic E-state index is 5.81. The number of rotatable bonds is 5. The maximum Gasteiger partial charge on any atom is 0.191 e. The number of nitrogens with one attached hydrogen (secondary N) is 2. The first kappa shape index (κ1) is 15.6. The molecule has 0 saturated carbocycles. The van der Waals surface area contributed by atoms with Crippen LogP contribution in [0, 0.1) is 6.92 Å². The Morgan fingerprint density at radius 1 is 1.30 bits per heavy atom. The van der Waals surface area contributed by atoms with Gasteiger partial charge < -0.3 is 15.1 Å². The summed E-state index contributed by atoms with van der Waals surface area (Å²) in [4.78, 5) is 9.77. The number of aliphatic imine (C=N–C) groups is 1. The van der Waals surface area contributed by atoms with Crippen molar-refractivity contribution in [1.29, 1.82) is 0 Å². The number of para-hydroxylation sites is 1. The summed E-state index contributed by atoms with van der Waals surface area (Å²) < 4.78 is 5.81. The van der Waals surface area contributed by atoms with Crippen LogP contribution in [0.5, 0.6) is 0 Å². The van der Waals surface area contributed by atoms with Crippen LogP contribution < -0.4 is 10.6 Å². The van der Waals surface area contributed by atoms with Crippen LogP contribution in [0.15, 0.2) is 45.9 Å². The van der Waals surface area contributed by atoms with Crippen molar-refractivity contribution in [3.05, 3.63) is 52.2 Å². The predicted molar refractivity (Wildman–Crippen MR) is 95.0 cm³/mol. The van der Waals surface area contributed by atoms with Gasteiger partial charge in [-0.1, -0.05) is 18.2 Å². The smallest absolute Gasteiger partial charge is 0.191 e. The Morgan fingerprint density at radius 3 is 2.91 bits per heavy atom. The van der Waals surface area contributed by atoms with Crippen LogP contribution in [0.4, 0.5) is 0 Å². The number of aromatic nitrogens is 1. The van der Waals surface area contributed by atoms with Crippen LogP contribution in [-0.2, 0) is 13.0 Å². The van der Waals surface area contributed by atoms with Gasteiger partial charge in [0.25, 0.3) is 0 Å². The number of hydrogen-bond donors (Lipinski definition) is 2. The molecule has 0 aliphatic rings. The molecule has 0 saturated heterocycles. The number of aryl methyl sites for hydroxylation is 1. The topological polar surface area (TPSA) is 62.5 Å². The van der Waals surface area contributed by atoms with Gasteiger partial charge in [0.2, 0.25) is 0 Å². The standard InChI is InChI=1S/C17H20N4OS/c1-12-10-20-16(23-12)11-21-17(18-2)19-8-7-14-9-13-5-3-4-6-15(13)22-14/h3-6,9-10H,7-8,11H2,1-2H3,(H2,18,19,21). The summed E-state index contributed by atoms with van der Waals surface area (Å²) in [6, 6.07) is 10.1. The van der Waals surface area contributed by atoms with Crippen LogP contribution >= 0.6 is 11.3 Å². The number of thiazole rings is 1. The summed E-state index contributed by atoms with van der Waals surface area (Å²) in [5.74, 6) is 1.75. The fraction of sp³-hybridized carbons (Fsp3) is 0.294. The Labute approximate surface area is 139 Å². The van der Waals surface area contributed by atoms with Crippen molar-refractivity contribution in [2.45, 2.75) is 19.9 Å². The molecule has 1 aromatic carbocycles. The van der Waals surface area contributed by atoms with Crippen molar-refractivity contribution in [3.63, 3.8) is 0 Å². The Bertz CT molecular complexity index is 773. The maximum atomic E-state index is 5.81. The normalized spacial score (nSPS) is 11.8. The van der Waals surface area contributed by atoms with E-state index in [-0.39, 0.29) is 0 Å². The molecule has 0 atom stereocenters. The monoisotopic (exact) mass is 328 g/mol. The van der Waals surface area contributed by atoms with Crippen molar-refractivity contribution in [1.82, 2.24) is 15.6 Å². The van der Waals surface area contributed by atoms with Crippen molar-refractivity contribution in [2.75, 3.05) is 13.6 Å². The summed E-state index contributed by atoms with van der Waals surface area (Å²) in [5, 5.41) is 8.76. The highest BCUT2D eigenvalue weighted by atomic mass is 32.1. The zero-order chi connectivity index (χ0) is 16.1. The molecular formula is C17H20N4OS. The molecule has 120 valence electrons. The van der Waals surface area contributed by atoms with Crippen LogP contribution in [0.3, 0.4) is 0 Å². The van der Waals surface area contributed by atoms with Crippen molar-refractivity contribution in [3.8, 4) is 0 Å². The van der Waals surface area contributed by atoms with Gasteiger partial charge >= 0.3 is 0 Å². The third-order valence-electron chi connectivity index (χ3n) is 3.44. The third-order valence-corrected chi connectivity index (χ3v) is 4.35. The van der Waals surface area contributed by atoms with E-state index in [2.05, 4.69) is 39.7 Å². The van der Waals surface area contributed by atoms with Gasteiger partial charge in [0, 0.05) is 36.5 Å². The molecule has 0 fully saturated rings. The van der Waals surface area contributed by atoms with E-state index >= 15 is 0 Å². The van der Waals surface area contributed by atoms with Gasteiger partial charge in [0.15, 0.2) is 5.96 Å². The van der Waals surface area contributed by atoms with Gasteiger partial charge in [-0.15, -0.1) is 11.3 Å². The second kappa shape index (κ2) is 7.28. The van der Waals surface area contributed by atoms with Gasteiger partial charge in [-0.2, -0.15) is 0 Å². The number of guanidine groups is 1. The highest BCUT2D eigenvalue weighted by Gasteiger charge is 2.04. The molecule has 0 radical (unpaired) electrons. The fourth-order valence-corrected chi connectivity index (χ4v) is 3.05. The third kappa shape index (κ3) is 4.10. The van der Waals surface area contributed by atoms with E-state index in [0.29, 0.717) is 6.54 Å². The average Bonchev–Trinajstić information content (AvgIpc) is 3.16. The minimum Gasteiger partial charge on any atom is -0.461 e. The molecule has 0 bridgehead atoms. The quantitative estimate of drug-likeness (QED) is 0.558. The molecule has 0 unspecified atom stereocenters. The van der Waals surface area contributed by atoms with E-state index in [1.165, 1.54) is 4.88 Å². The SMILES string of the molecule is CN=C(NCCc1cc2ccccc2o1)NCc1ncc(C)s1. The molecular weight excluding hydrogens is 308 g/mol. The van der Waals surface area contributed by atoms with E-state index in [1.54, 1.807) is 18.4 Å². The molecule has 3 aromatic rings. The first-order chi connectivity index (χ1) is 11.2. The zero-order valence-corrected chi connectivity index (χ0v) is 14.1. The summed E-state index contributed by atoms with van der Waals surface area (Å²) in [6.45, 7) is 3.50. The first-order valence-corrected chi connectivity index (χ1v) is 8.39. The summed E-state index contributed by atoms with van der Waals surface area (Å²) in [7, 11) is 1.77. The van der Waals surface area contributed by atoms with E-state index < -0.39 is 0 Å². The Balaban J connectivity index is 1.48. The van der Waals surface area contributed by atoms with Crippen LogP contribution in [0.2, 0.25) is 0 Å². The molecule has 2 heterocycles. The Hall–Kier alpha value is -2.34. The van der Waals surface area contributed by atoms with Crippen molar-refractivity contribution < 1.29 is 4.42 Å². The van der Waals surface area contributed by atoms with Gasteiger partial charge in [-0.05, 0) is 19.1 Å². The fourth-order valence-electron chi connectivity index (χ4n) is 2.33. The predicted octanol–water partition coefficient (Wildman–Crippen LogP) is 3.11. The number of benzene rings is 1. The lowest BCUT2D eigenvalue weighted by atomic mass is 10.2. The molecule has 2 N–H and O–H groups in total. The van der Waals surface area contributed by atoms with E-state index in [1.807, 2.05) is 24.4 Å². The lowest BCUT2D eigenvalue weighted by Gasteiger charge is -2.09. The molecule has 6 heteroatoms. The molecule has 2 aromatic heterocycles. The second-order valence-electron chi connectivity index (χ2n) is 5.22. The summed E-state index contributed by atoms with van der Waals surface area (Å²) in [5.41, 5.74) is 0.934. The highest BCUT2D eigenvalue weighted by molar-refractivity contribution is 7.11. The second-order valence-corrected chi connectivity index (χ2v) is 6.54. The van der Waals surface area contributed by atoms with Crippen molar-refractivity contribution in [2.24, 2.45) is 4.99 Å². The van der Waals surface area contributed by atoms with Crippen LogP contribution in [0.25, 0.3) is 11.0 Å². The first-order valence-electron chi connectivity index (χ1n) is 7.58. The van der Waals surface area contributed by atoms with Crippen molar-refractivity contribution >= 4 is 28.3 Å². The molecule has 5 nitrogen and oxygen atoms in total. The zero-order valence-electron chi connectivity index (χ0n) is 13.3. The lowest BCUT2D eigenvalue weighted by molar-refractivity contribution is 0.544. The van der Waals surface area contributed by atoms with E-state index in [0.717, 1.165) is 40.7 Å².